The van der Waals surface area contributed by atoms with Crippen molar-refractivity contribution in [1.82, 2.24) is 4.31 Å². The molecule has 0 atom stereocenters. The minimum atomic E-state index is -1.73. The van der Waals surface area contributed by atoms with Gasteiger partial charge in [-0.1, -0.05) is 30.9 Å². The van der Waals surface area contributed by atoms with Crippen LogP contribution in [-0.4, -0.2) is 34.4 Å². The molecule has 1 saturated heterocycles. The molecular formula is C15H20NO2PS4. The molecule has 126 valence electrons. The standard InChI is InChI=1S/C15H20NO2PS4/c1-4-12-6-5-11(9-13(12)19(20,21-2)22-3)10-15(18)16-14(17)7-8-23-16/h5-6,9H,4,7-8,10H2,1-3H3. The van der Waals surface area contributed by atoms with Gasteiger partial charge in [0, 0.05) is 17.5 Å². The van der Waals surface area contributed by atoms with Gasteiger partial charge in [-0.2, -0.15) is 0 Å². The summed E-state index contributed by atoms with van der Waals surface area (Å²) in [7, 11) is 0. The summed E-state index contributed by atoms with van der Waals surface area (Å²) in [6, 6.07) is 6.17. The second-order valence-electron chi connectivity index (χ2n) is 5.02. The first-order valence-corrected chi connectivity index (χ1v) is 14.7. The summed E-state index contributed by atoms with van der Waals surface area (Å²) in [6.07, 6.45) is 5.77. The number of amides is 2. The molecule has 0 radical (unpaired) electrons. The molecule has 8 heteroatoms. The summed E-state index contributed by atoms with van der Waals surface area (Å²) in [5.74, 6) is 0.489. The summed E-state index contributed by atoms with van der Waals surface area (Å²) in [5, 5.41) is 1.21. The van der Waals surface area contributed by atoms with Crippen LogP contribution in [0.25, 0.3) is 0 Å². The van der Waals surface area contributed by atoms with Crippen LogP contribution in [0.2, 0.25) is 0 Å². The number of carbonyl (C=O) groups is 2. The van der Waals surface area contributed by atoms with E-state index in [1.54, 1.807) is 22.8 Å². The Kier molecular flexibility index (Phi) is 7.11. The molecule has 0 aromatic heterocycles. The van der Waals surface area contributed by atoms with Crippen LogP contribution in [0, 0.1) is 0 Å². The Bertz CT molecular complexity index is 657. The van der Waals surface area contributed by atoms with Crippen molar-refractivity contribution in [1.29, 1.82) is 0 Å². The average Bonchev–Trinajstić information content (AvgIpc) is 3.00. The summed E-state index contributed by atoms with van der Waals surface area (Å²) in [5.41, 5.74) is 2.21. The normalized spacial score (nSPS) is 15.3. The van der Waals surface area contributed by atoms with Crippen LogP contribution >= 0.6 is 39.2 Å². The first-order valence-electron chi connectivity index (χ1n) is 7.27. The summed E-state index contributed by atoms with van der Waals surface area (Å²) in [4.78, 5) is 24.0. The third-order valence-corrected chi connectivity index (χ3v) is 16.7. The Morgan fingerprint density at radius 1 is 1.39 bits per heavy atom. The van der Waals surface area contributed by atoms with Crippen molar-refractivity contribution >= 4 is 68.1 Å². The maximum Gasteiger partial charge on any atom is 0.243 e. The van der Waals surface area contributed by atoms with E-state index in [0.717, 1.165) is 12.0 Å². The Morgan fingerprint density at radius 3 is 2.61 bits per heavy atom. The average molecular weight is 406 g/mol. The van der Waals surface area contributed by atoms with E-state index < -0.39 is 4.44 Å². The fourth-order valence-corrected chi connectivity index (χ4v) is 9.24. The fraction of sp³-hybridized carbons (Fsp3) is 0.467. The van der Waals surface area contributed by atoms with Crippen molar-refractivity contribution in [3.05, 3.63) is 29.3 Å². The lowest BCUT2D eigenvalue weighted by atomic mass is 10.1. The molecule has 0 unspecified atom stereocenters. The third-order valence-electron chi connectivity index (χ3n) is 3.65. The van der Waals surface area contributed by atoms with E-state index in [1.165, 1.54) is 27.1 Å². The van der Waals surface area contributed by atoms with Gasteiger partial charge in [0.05, 0.1) is 10.9 Å². The molecule has 1 heterocycles. The molecule has 0 spiro atoms. The molecule has 2 amide bonds. The zero-order valence-corrected chi connectivity index (χ0v) is 17.6. The summed E-state index contributed by atoms with van der Waals surface area (Å²) >= 11 is 10.7. The van der Waals surface area contributed by atoms with Crippen LogP contribution in [0.4, 0.5) is 0 Å². The van der Waals surface area contributed by atoms with Crippen molar-refractivity contribution in [2.24, 2.45) is 0 Å². The first-order chi connectivity index (χ1) is 10.9. The van der Waals surface area contributed by atoms with Crippen molar-refractivity contribution < 1.29 is 9.59 Å². The van der Waals surface area contributed by atoms with Gasteiger partial charge in [-0.3, -0.25) is 9.59 Å². The Labute approximate surface area is 155 Å². The lowest BCUT2D eigenvalue weighted by Crippen LogP contribution is -2.28. The van der Waals surface area contributed by atoms with Gasteiger partial charge in [0.2, 0.25) is 11.8 Å². The van der Waals surface area contributed by atoms with Crippen LogP contribution in [0.15, 0.2) is 18.2 Å². The molecule has 0 aliphatic carbocycles. The maximum absolute atomic E-state index is 12.3. The number of benzene rings is 1. The van der Waals surface area contributed by atoms with E-state index in [0.29, 0.717) is 12.2 Å². The highest BCUT2D eigenvalue weighted by Crippen LogP contribution is 2.66. The molecule has 1 fully saturated rings. The van der Waals surface area contributed by atoms with E-state index in [9.17, 15) is 9.59 Å². The zero-order valence-electron chi connectivity index (χ0n) is 13.4. The Hall–Kier alpha value is 0.0600. The molecule has 3 nitrogen and oxygen atoms in total. The number of carbonyl (C=O) groups excluding carboxylic acids is 2. The molecule has 1 aliphatic heterocycles. The van der Waals surface area contributed by atoms with Crippen LogP contribution in [0.3, 0.4) is 0 Å². The van der Waals surface area contributed by atoms with Crippen LogP contribution in [0.1, 0.15) is 24.5 Å². The molecule has 0 N–H and O–H groups in total. The number of aryl methyl sites for hydroxylation is 1. The van der Waals surface area contributed by atoms with Crippen molar-refractivity contribution in [2.45, 2.75) is 26.2 Å². The lowest BCUT2D eigenvalue weighted by Gasteiger charge is -2.21. The van der Waals surface area contributed by atoms with Gasteiger partial charge in [0.15, 0.2) is 0 Å². The number of rotatable bonds is 6. The predicted molar refractivity (Wildman–Crippen MR) is 109 cm³/mol. The Morgan fingerprint density at radius 2 is 2.09 bits per heavy atom. The Balaban J connectivity index is 2.29. The first kappa shape index (κ1) is 19.4. The maximum atomic E-state index is 12.3. The van der Waals surface area contributed by atoms with Gasteiger partial charge in [-0.15, -0.1) is 22.8 Å². The number of hydrogen-bond acceptors (Lipinski definition) is 6. The predicted octanol–water partition coefficient (Wildman–Crippen LogP) is 3.86. The van der Waals surface area contributed by atoms with Gasteiger partial charge >= 0.3 is 0 Å². The number of nitrogens with zero attached hydrogens (tertiary/aromatic N) is 1. The number of hydrogen-bond donors (Lipinski definition) is 0. The SMILES string of the molecule is CCc1ccc(CC(=O)N2SCCC2=O)cc1P(=S)(SC)SC. The highest BCUT2D eigenvalue weighted by atomic mass is 33.2. The molecular weight excluding hydrogens is 385 g/mol. The highest BCUT2D eigenvalue weighted by Gasteiger charge is 2.28. The third kappa shape index (κ3) is 4.37. The van der Waals surface area contributed by atoms with Gasteiger partial charge < -0.3 is 0 Å². The van der Waals surface area contributed by atoms with Gasteiger partial charge in [0.25, 0.3) is 0 Å². The quantitative estimate of drug-likeness (QED) is 0.528. The second kappa shape index (κ2) is 8.43. The van der Waals surface area contributed by atoms with E-state index in [1.807, 2.05) is 6.07 Å². The zero-order chi connectivity index (χ0) is 17.0. The van der Waals surface area contributed by atoms with Crippen LogP contribution < -0.4 is 5.30 Å². The van der Waals surface area contributed by atoms with Crippen molar-refractivity contribution in [3.8, 4) is 0 Å². The summed E-state index contributed by atoms with van der Waals surface area (Å²) in [6.45, 7) is 2.13. The van der Waals surface area contributed by atoms with E-state index >= 15 is 0 Å². The second-order valence-corrected chi connectivity index (χ2v) is 17.5. The lowest BCUT2D eigenvalue weighted by molar-refractivity contribution is -0.136. The molecule has 1 aromatic rings. The minimum absolute atomic E-state index is 0.0799. The topological polar surface area (TPSA) is 37.4 Å². The van der Waals surface area contributed by atoms with Crippen molar-refractivity contribution in [3.63, 3.8) is 0 Å². The van der Waals surface area contributed by atoms with Crippen LogP contribution in [0.5, 0.6) is 0 Å². The smallest absolute Gasteiger partial charge is 0.243 e. The highest BCUT2D eigenvalue weighted by molar-refractivity contribution is 9.02. The van der Waals surface area contributed by atoms with E-state index in [4.69, 9.17) is 11.8 Å². The fourth-order valence-electron chi connectivity index (χ4n) is 2.40. The largest absolute Gasteiger partial charge is 0.273 e. The van der Waals surface area contributed by atoms with Crippen LogP contribution in [-0.2, 0) is 34.2 Å². The summed E-state index contributed by atoms with van der Waals surface area (Å²) < 4.78 is -0.414. The molecule has 1 aliphatic rings. The molecule has 0 saturated carbocycles. The molecule has 0 bridgehead atoms. The van der Waals surface area contributed by atoms with Gasteiger partial charge in [-0.05, 0) is 48.1 Å². The minimum Gasteiger partial charge on any atom is -0.273 e. The van der Waals surface area contributed by atoms with E-state index in [-0.39, 0.29) is 18.2 Å². The van der Waals surface area contributed by atoms with Gasteiger partial charge in [0.1, 0.15) is 0 Å². The van der Waals surface area contributed by atoms with Gasteiger partial charge in [-0.25, -0.2) is 4.31 Å². The van der Waals surface area contributed by atoms with E-state index in [2.05, 4.69) is 31.6 Å². The molecule has 1 aromatic carbocycles. The molecule has 2 rings (SSSR count). The molecule has 23 heavy (non-hydrogen) atoms. The monoisotopic (exact) mass is 405 g/mol. The number of imide groups is 1. The van der Waals surface area contributed by atoms with Crippen molar-refractivity contribution in [2.75, 3.05) is 18.3 Å².